The van der Waals surface area contributed by atoms with E-state index in [1.54, 1.807) is 0 Å². The Kier molecular flexibility index (Phi) is 6.25. The second kappa shape index (κ2) is 9.08. The molecule has 0 radical (unpaired) electrons. The van der Waals surface area contributed by atoms with Crippen molar-refractivity contribution in [3.8, 4) is 11.8 Å². The van der Waals surface area contributed by atoms with Crippen molar-refractivity contribution in [1.29, 1.82) is 5.26 Å². The zero-order chi connectivity index (χ0) is 21.8. The molecule has 0 aliphatic carbocycles. The van der Waals surface area contributed by atoms with Crippen LogP contribution in [0, 0.1) is 11.3 Å². The molecule has 2 aromatic carbocycles. The van der Waals surface area contributed by atoms with Crippen molar-refractivity contribution in [2.24, 2.45) is 0 Å². The topological polar surface area (TPSA) is 90.7 Å². The van der Waals surface area contributed by atoms with Gasteiger partial charge in [0.1, 0.15) is 12.4 Å². The highest BCUT2D eigenvalue weighted by atomic mass is 32.2. The maximum atomic E-state index is 13.1. The third-order valence-corrected chi connectivity index (χ3v) is 7.64. The Balaban J connectivity index is 1.49. The van der Waals surface area contributed by atoms with Crippen LogP contribution in [0.15, 0.2) is 47.4 Å². The molecule has 31 heavy (non-hydrogen) atoms. The van der Waals surface area contributed by atoms with E-state index in [1.165, 1.54) is 28.6 Å². The highest BCUT2D eigenvalue weighted by molar-refractivity contribution is 7.89. The van der Waals surface area contributed by atoms with Gasteiger partial charge in [-0.3, -0.25) is 4.79 Å². The Bertz CT molecular complexity index is 1100. The number of likely N-dealkylation sites (tertiary alicyclic amines) is 1. The smallest absolute Gasteiger partial charge is 0.243 e. The van der Waals surface area contributed by atoms with Gasteiger partial charge in [-0.2, -0.15) is 9.57 Å². The molecule has 1 fully saturated rings. The SMILES string of the molecule is N#Cc1ccc(S(=O)(=O)N2CCOc3ccc(CCC(=O)N4CCCC4)cc3C2)cc1. The first-order chi connectivity index (χ1) is 15.0. The van der Waals surface area contributed by atoms with Gasteiger partial charge in [0.25, 0.3) is 0 Å². The molecule has 0 saturated carbocycles. The number of carbonyl (C=O) groups excluding carboxylic acids is 1. The third kappa shape index (κ3) is 4.73. The average molecular weight is 440 g/mol. The average Bonchev–Trinajstić information content (AvgIpc) is 3.24. The van der Waals surface area contributed by atoms with Gasteiger partial charge in [-0.05, 0) is 55.2 Å². The Hall–Kier alpha value is -2.89. The number of nitrogens with zero attached hydrogens (tertiary/aromatic N) is 3. The lowest BCUT2D eigenvalue weighted by Gasteiger charge is -2.20. The molecule has 2 heterocycles. The van der Waals surface area contributed by atoms with Crippen LogP contribution in [0.3, 0.4) is 0 Å². The molecular weight excluding hydrogens is 414 g/mol. The zero-order valence-corrected chi connectivity index (χ0v) is 18.1. The third-order valence-electron chi connectivity index (χ3n) is 5.78. The fourth-order valence-corrected chi connectivity index (χ4v) is 5.41. The summed E-state index contributed by atoms with van der Waals surface area (Å²) in [5.74, 6) is 0.848. The van der Waals surface area contributed by atoms with Crippen LogP contribution in [-0.4, -0.2) is 49.8 Å². The maximum Gasteiger partial charge on any atom is 0.243 e. The van der Waals surface area contributed by atoms with Gasteiger partial charge < -0.3 is 9.64 Å². The minimum atomic E-state index is -3.72. The molecule has 0 spiro atoms. The fourth-order valence-electron chi connectivity index (χ4n) is 4.01. The van der Waals surface area contributed by atoms with Crippen LogP contribution in [0.4, 0.5) is 0 Å². The molecule has 8 heteroatoms. The largest absolute Gasteiger partial charge is 0.492 e. The molecule has 0 atom stereocenters. The summed E-state index contributed by atoms with van der Waals surface area (Å²) in [7, 11) is -3.72. The Labute approximate surface area is 182 Å². The summed E-state index contributed by atoms with van der Waals surface area (Å²) in [5, 5.41) is 8.94. The van der Waals surface area contributed by atoms with Crippen molar-refractivity contribution >= 4 is 15.9 Å². The van der Waals surface area contributed by atoms with E-state index in [0.717, 1.165) is 37.1 Å². The highest BCUT2D eigenvalue weighted by Crippen LogP contribution is 2.28. The number of hydrogen-bond acceptors (Lipinski definition) is 5. The van der Waals surface area contributed by atoms with Crippen molar-refractivity contribution in [3.63, 3.8) is 0 Å². The molecule has 1 saturated heterocycles. The molecule has 0 unspecified atom stereocenters. The first-order valence-corrected chi connectivity index (χ1v) is 11.9. The van der Waals surface area contributed by atoms with E-state index >= 15 is 0 Å². The fraction of sp³-hybridized carbons (Fsp3) is 0.391. The molecular formula is C23H25N3O4S. The summed E-state index contributed by atoms with van der Waals surface area (Å²) in [4.78, 5) is 14.4. The minimum Gasteiger partial charge on any atom is -0.492 e. The van der Waals surface area contributed by atoms with Gasteiger partial charge in [-0.1, -0.05) is 12.1 Å². The molecule has 162 valence electrons. The summed E-state index contributed by atoms with van der Waals surface area (Å²) >= 11 is 0. The normalized spacial score (nSPS) is 16.8. The van der Waals surface area contributed by atoms with Crippen LogP contribution in [0.2, 0.25) is 0 Å². The van der Waals surface area contributed by atoms with E-state index in [0.29, 0.717) is 24.2 Å². The molecule has 2 aromatic rings. The number of amides is 1. The van der Waals surface area contributed by atoms with Gasteiger partial charge in [0.05, 0.1) is 16.5 Å². The second-order valence-corrected chi connectivity index (χ2v) is 9.79. The van der Waals surface area contributed by atoms with Gasteiger partial charge in [-0.15, -0.1) is 0 Å². The van der Waals surface area contributed by atoms with Crippen LogP contribution < -0.4 is 4.74 Å². The molecule has 4 rings (SSSR count). The van der Waals surface area contributed by atoms with Crippen LogP contribution >= 0.6 is 0 Å². The second-order valence-electron chi connectivity index (χ2n) is 7.85. The van der Waals surface area contributed by atoms with Crippen LogP contribution in [0.25, 0.3) is 0 Å². The number of sulfonamides is 1. The van der Waals surface area contributed by atoms with E-state index in [9.17, 15) is 13.2 Å². The standard InChI is InChI=1S/C23H25N3O4S/c24-16-19-3-7-21(8-4-19)31(28,29)26-13-14-30-22-9-5-18(15-20(22)17-26)6-10-23(27)25-11-1-2-12-25/h3-5,7-9,15H,1-2,6,10-14,17H2. The number of aryl methyl sites for hydroxylation is 1. The summed E-state index contributed by atoms with van der Waals surface area (Å²) in [6.45, 7) is 2.39. The predicted molar refractivity (Wildman–Crippen MR) is 115 cm³/mol. The summed E-state index contributed by atoms with van der Waals surface area (Å²) in [5.41, 5.74) is 2.20. The minimum absolute atomic E-state index is 0.155. The van der Waals surface area contributed by atoms with Gasteiger partial charge in [0.15, 0.2) is 0 Å². The summed E-state index contributed by atoms with van der Waals surface area (Å²) < 4.78 is 33.5. The van der Waals surface area contributed by atoms with Crippen molar-refractivity contribution in [2.75, 3.05) is 26.2 Å². The van der Waals surface area contributed by atoms with Gasteiger partial charge in [0, 0.05) is 38.2 Å². The first-order valence-electron chi connectivity index (χ1n) is 10.5. The van der Waals surface area contributed by atoms with Crippen molar-refractivity contribution in [2.45, 2.75) is 37.1 Å². The lowest BCUT2D eigenvalue weighted by molar-refractivity contribution is -0.130. The lowest BCUT2D eigenvalue weighted by atomic mass is 10.0. The van der Waals surface area contributed by atoms with Crippen LogP contribution in [-0.2, 0) is 27.8 Å². The number of hydrogen-bond donors (Lipinski definition) is 0. The number of nitriles is 1. The van der Waals surface area contributed by atoms with E-state index in [1.807, 2.05) is 29.2 Å². The number of ether oxygens (including phenoxy) is 1. The first kappa shape index (κ1) is 21.3. The Morgan fingerprint density at radius 3 is 2.52 bits per heavy atom. The number of benzene rings is 2. The number of rotatable bonds is 5. The van der Waals surface area contributed by atoms with Crippen molar-refractivity contribution in [1.82, 2.24) is 9.21 Å². The van der Waals surface area contributed by atoms with E-state index in [4.69, 9.17) is 10.00 Å². The molecule has 1 amide bonds. The van der Waals surface area contributed by atoms with E-state index in [2.05, 4.69) is 0 Å². The van der Waals surface area contributed by atoms with Crippen LogP contribution in [0.1, 0.15) is 36.0 Å². The van der Waals surface area contributed by atoms with Gasteiger partial charge in [-0.25, -0.2) is 8.42 Å². The highest BCUT2D eigenvalue weighted by Gasteiger charge is 2.28. The predicted octanol–water partition coefficient (Wildman–Crippen LogP) is 2.70. The van der Waals surface area contributed by atoms with Crippen molar-refractivity contribution in [3.05, 3.63) is 59.2 Å². The molecule has 7 nitrogen and oxygen atoms in total. The summed E-state index contributed by atoms with van der Waals surface area (Å²) in [6.07, 6.45) is 3.22. The van der Waals surface area contributed by atoms with Gasteiger partial charge >= 0.3 is 0 Å². The maximum absolute atomic E-state index is 13.1. The molecule has 0 bridgehead atoms. The lowest BCUT2D eigenvalue weighted by Crippen LogP contribution is -2.32. The summed E-state index contributed by atoms with van der Waals surface area (Å²) in [6, 6.07) is 13.7. The van der Waals surface area contributed by atoms with Crippen LogP contribution in [0.5, 0.6) is 5.75 Å². The van der Waals surface area contributed by atoms with E-state index < -0.39 is 10.0 Å². The molecule has 2 aliphatic rings. The zero-order valence-electron chi connectivity index (χ0n) is 17.3. The quantitative estimate of drug-likeness (QED) is 0.714. The number of carbonyl (C=O) groups is 1. The molecule has 2 aliphatic heterocycles. The Morgan fingerprint density at radius 2 is 1.81 bits per heavy atom. The monoisotopic (exact) mass is 439 g/mol. The molecule has 0 aromatic heterocycles. The number of fused-ring (bicyclic) bond motifs is 1. The molecule has 0 N–H and O–H groups in total. The Morgan fingerprint density at radius 1 is 1.06 bits per heavy atom. The van der Waals surface area contributed by atoms with E-state index in [-0.39, 0.29) is 30.5 Å². The van der Waals surface area contributed by atoms with Crippen molar-refractivity contribution < 1.29 is 17.9 Å². The van der Waals surface area contributed by atoms with Gasteiger partial charge in [0.2, 0.25) is 15.9 Å².